The fourth-order valence-corrected chi connectivity index (χ4v) is 9.18. The molecule has 4 aliphatic rings. The molecule has 3 nitrogen and oxygen atoms in total. The molecule has 0 aromatic rings. The third-order valence-electron chi connectivity index (χ3n) is 11.2. The summed E-state index contributed by atoms with van der Waals surface area (Å²) in [4.78, 5) is 9.72. The van der Waals surface area contributed by atoms with Crippen molar-refractivity contribution in [3.8, 4) is 0 Å². The highest BCUT2D eigenvalue weighted by Crippen LogP contribution is 2.68. The van der Waals surface area contributed by atoms with Crippen molar-refractivity contribution in [1.82, 2.24) is 0 Å². The Morgan fingerprint density at radius 3 is 2.31 bits per heavy atom. The topological polar surface area (TPSA) is 35.5 Å². The van der Waals surface area contributed by atoms with Gasteiger partial charge in [0.2, 0.25) is 0 Å². The minimum atomic E-state index is 0.337. The third kappa shape index (κ3) is 6.43. The van der Waals surface area contributed by atoms with Crippen LogP contribution in [0.4, 0.5) is 0 Å². The van der Waals surface area contributed by atoms with Gasteiger partial charge in [-0.05, 0) is 111 Å². The van der Waals surface area contributed by atoms with Crippen molar-refractivity contribution in [1.29, 1.82) is 0 Å². The smallest absolute Gasteiger partial charge is 0.147 e. The fourth-order valence-electron chi connectivity index (χ4n) is 9.18. The van der Waals surface area contributed by atoms with Gasteiger partial charge in [0.15, 0.2) is 0 Å². The Balaban J connectivity index is 0.000000429. The highest BCUT2D eigenvalue weighted by atomic mass is 16.5. The number of ether oxygens (including phenoxy) is 2. The first-order valence-corrected chi connectivity index (χ1v) is 14.8. The van der Waals surface area contributed by atoms with Crippen LogP contribution in [0.15, 0.2) is 12.2 Å². The van der Waals surface area contributed by atoms with Crippen molar-refractivity contribution < 1.29 is 14.3 Å². The average molecular weight is 489 g/mol. The first kappa shape index (κ1) is 28.9. The van der Waals surface area contributed by atoms with Crippen molar-refractivity contribution in [2.45, 2.75) is 117 Å². The van der Waals surface area contributed by atoms with E-state index in [1.807, 2.05) is 7.11 Å². The molecule has 35 heavy (non-hydrogen) atoms. The Labute approximate surface area is 217 Å². The van der Waals surface area contributed by atoms with E-state index >= 15 is 0 Å². The van der Waals surface area contributed by atoms with Gasteiger partial charge in [-0.3, -0.25) is 4.79 Å². The number of unbranched alkanes of at least 4 members (excludes halogenated alkanes) is 1. The van der Waals surface area contributed by atoms with Gasteiger partial charge < -0.3 is 9.47 Å². The summed E-state index contributed by atoms with van der Waals surface area (Å²) >= 11 is 0. The monoisotopic (exact) mass is 488 g/mol. The van der Waals surface area contributed by atoms with Crippen LogP contribution >= 0.6 is 0 Å². The number of hydrogen-bond donors (Lipinski definition) is 0. The van der Waals surface area contributed by atoms with E-state index in [1.54, 1.807) is 6.42 Å². The molecule has 4 rings (SSSR count). The standard InChI is InChI=1S/C27H48O.C5H8O2/c1-19(2)8-6-7-9-20-11-13-24-23-12-10-21-18-22(28-5)14-16-27(21,4)25(23)15-17-26(20,24)3;1-5(3-6)4-7-2/h19-25H,6-18H2,1-5H3;3H,1,4H2,2H3. The number of aldehydes is 1. The summed E-state index contributed by atoms with van der Waals surface area (Å²) in [5.74, 6) is 5.94. The maximum Gasteiger partial charge on any atom is 0.147 e. The number of carbonyl (C=O) groups excluding carboxylic acids is 1. The summed E-state index contributed by atoms with van der Waals surface area (Å²) < 4.78 is 10.3. The second-order valence-electron chi connectivity index (χ2n) is 13.5. The molecule has 0 radical (unpaired) electrons. The molecule has 0 aliphatic heterocycles. The maximum absolute atomic E-state index is 9.72. The lowest BCUT2D eigenvalue weighted by molar-refractivity contribution is -0.130. The van der Waals surface area contributed by atoms with Gasteiger partial charge in [0.25, 0.3) is 0 Å². The lowest BCUT2D eigenvalue weighted by Crippen LogP contribution is -2.54. The predicted molar refractivity (Wildman–Crippen MR) is 146 cm³/mol. The molecule has 3 heteroatoms. The Kier molecular flexibility index (Phi) is 10.5. The van der Waals surface area contributed by atoms with Crippen LogP contribution in [0.1, 0.15) is 111 Å². The first-order valence-electron chi connectivity index (χ1n) is 14.8. The summed E-state index contributed by atoms with van der Waals surface area (Å²) in [6, 6.07) is 0. The van der Waals surface area contributed by atoms with Crippen LogP contribution < -0.4 is 0 Å². The minimum Gasteiger partial charge on any atom is -0.381 e. The summed E-state index contributed by atoms with van der Waals surface area (Å²) in [5, 5.41) is 0. The summed E-state index contributed by atoms with van der Waals surface area (Å²) in [7, 11) is 3.46. The Hall–Kier alpha value is -0.670. The molecule has 4 fully saturated rings. The second-order valence-corrected chi connectivity index (χ2v) is 13.5. The lowest BCUT2D eigenvalue weighted by Gasteiger charge is -2.61. The second kappa shape index (κ2) is 12.7. The number of hydrogen-bond acceptors (Lipinski definition) is 3. The Morgan fingerprint density at radius 1 is 0.971 bits per heavy atom. The van der Waals surface area contributed by atoms with E-state index < -0.39 is 0 Å². The molecule has 0 bridgehead atoms. The van der Waals surface area contributed by atoms with E-state index in [2.05, 4.69) is 39.0 Å². The zero-order valence-electron chi connectivity index (χ0n) is 24.0. The van der Waals surface area contributed by atoms with Crippen LogP contribution in [0.25, 0.3) is 0 Å². The fraction of sp³-hybridized carbons (Fsp3) is 0.906. The molecule has 8 atom stereocenters. The minimum absolute atomic E-state index is 0.337. The zero-order chi connectivity index (χ0) is 25.6. The molecule has 0 spiro atoms. The molecule has 0 heterocycles. The summed E-state index contributed by atoms with van der Waals surface area (Å²) in [6.07, 6.45) is 20.4. The zero-order valence-corrected chi connectivity index (χ0v) is 24.0. The van der Waals surface area contributed by atoms with Gasteiger partial charge in [-0.15, -0.1) is 0 Å². The molecule has 0 N–H and O–H groups in total. The SMILES string of the molecule is C=C(C=O)COC.COC1CCC2(C)C(CCC3C4CCC(CCCCC(C)C)C4(C)CCC32)C1. The molecule has 202 valence electrons. The van der Waals surface area contributed by atoms with Crippen LogP contribution in [0.3, 0.4) is 0 Å². The normalized spacial score (nSPS) is 40.2. The quantitative estimate of drug-likeness (QED) is 0.186. The van der Waals surface area contributed by atoms with Gasteiger partial charge >= 0.3 is 0 Å². The van der Waals surface area contributed by atoms with Crippen molar-refractivity contribution in [2.75, 3.05) is 20.8 Å². The van der Waals surface area contributed by atoms with Gasteiger partial charge in [-0.2, -0.15) is 0 Å². The van der Waals surface area contributed by atoms with Gasteiger partial charge in [0, 0.05) is 19.8 Å². The molecule has 0 aromatic carbocycles. The third-order valence-corrected chi connectivity index (χ3v) is 11.2. The van der Waals surface area contributed by atoms with Crippen molar-refractivity contribution in [3.63, 3.8) is 0 Å². The summed E-state index contributed by atoms with van der Waals surface area (Å²) in [5.41, 5.74) is 1.77. The number of rotatable bonds is 9. The molecular formula is C32H56O3. The predicted octanol–water partition coefficient (Wildman–Crippen LogP) is 8.26. The molecular weight excluding hydrogens is 432 g/mol. The number of fused-ring (bicyclic) bond motifs is 5. The highest BCUT2D eigenvalue weighted by Gasteiger charge is 2.59. The maximum atomic E-state index is 9.72. The highest BCUT2D eigenvalue weighted by molar-refractivity contribution is 5.72. The Bertz CT molecular complexity index is 686. The molecule has 4 saturated carbocycles. The molecule has 0 amide bonds. The van der Waals surface area contributed by atoms with E-state index in [4.69, 9.17) is 4.74 Å². The van der Waals surface area contributed by atoms with E-state index in [0.29, 0.717) is 35.4 Å². The molecule has 0 aromatic heterocycles. The Morgan fingerprint density at radius 2 is 1.69 bits per heavy atom. The van der Waals surface area contributed by atoms with Crippen LogP contribution in [0.2, 0.25) is 0 Å². The van der Waals surface area contributed by atoms with E-state index in [9.17, 15) is 4.79 Å². The van der Waals surface area contributed by atoms with E-state index in [1.165, 1.54) is 84.2 Å². The largest absolute Gasteiger partial charge is 0.381 e. The van der Waals surface area contributed by atoms with Crippen molar-refractivity contribution in [2.24, 2.45) is 46.3 Å². The number of carbonyl (C=O) groups is 1. The van der Waals surface area contributed by atoms with Gasteiger partial charge in [-0.25, -0.2) is 0 Å². The molecule has 0 saturated heterocycles. The van der Waals surface area contributed by atoms with E-state index in [-0.39, 0.29) is 0 Å². The first-order chi connectivity index (χ1) is 16.7. The summed E-state index contributed by atoms with van der Waals surface area (Å²) in [6.45, 7) is 13.9. The van der Waals surface area contributed by atoms with Crippen molar-refractivity contribution in [3.05, 3.63) is 12.2 Å². The van der Waals surface area contributed by atoms with Crippen molar-refractivity contribution >= 4 is 6.29 Å². The van der Waals surface area contributed by atoms with Crippen LogP contribution in [-0.4, -0.2) is 33.2 Å². The van der Waals surface area contributed by atoms with Gasteiger partial charge in [0.1, 0.15) is 6.29 Å². The molecule has 4 aliphatic carbocycles. The number of methoxy groups -OCH3 is 2. The molecule has 8 unspecified atom stereocenters. The van der Waals surface area contributed by atoms with Gasteiger partial charge in [0.05, 0.1) is 12.7 Å². The van der Waals surface area contributed by atoms with Crippen LogP contribution in [0, 0.1) is 46.3 Å². The van der Waals surface area contributed by atoms with Gasteiger partial charge in [-0.1, -0.05) is 53.5 Å². The lowest BCUT2D eigenvalue weighted by atomic mass is 9.44. The van der Waals surface area contributed by atoms with E-state index in [0.717, 1.165) is 35.5 Å². The van der Waals surface area contributed by atoms with Crippen LogP contribution in [-0.2, 0) is 14.3 Å². The average Bonchev–Trinajstić information content (AvgIpc) is 3.18. The van der Waals surface area contributed by atoms with Crippen LogP contribution in [0.5, 0.6) is 0 Å².